The van der Waals surface area contributed by atoms with E-state index < -0.39 is 5.91 Å². The number of carbonyl (C=O) groups excluding carboxylic acids is 3. The van der Waals surface area contributed by atoms with Gasteiger partial charge in [-0.3, -0.25) is 25.2 Å². The first-order valence-corrected chi connectivity index (χ1v) is 8.59. The molecule has 0 unspecified atom stereocenters. The van der Waals surface area contributed by atoms with Gasteiger partial charge in [0, 0.05) is 22.7 Å². The summed E-state index contributed by atoms with van der Waals surface area (Å²) in [6, 6.07) is 13.3. The molecule has 0 heterocycles. The van der Waals surface area contributed by atoms with Crippen molar-refractivity contribution in [3.05, 3.63) is 64.7 Å². The molecule has 0 radical (unpaired) electrons. The number of halogens is 1. The predicted octanol–water partition coefficient (Wildman–Crippen LogP) is 3.08. The van der Waals surface area contributed by atoms with E-state index in [1.54, 1.807) is 48.5 Å². The van der Waals surface area contributed by atoms with Crippen LogP contribution in [0.1, 0.15) is 35.7 Å². The van der Waals surface area contributed by atoms with Crippen LogP contribution in [0.15, 0.2) is 48.5 Å². The van der Waals surface area contributed by atoms with E-state index >= 15 is 0 Å². The van der Waals surface area contributed by atoms with Crippen LogP contribution in [0.4, 0.5) is 5.69 Å². The number of hydrazine groups is 1. The molecule has 0 aliphatic carbocycles. The van der Waals surface area contributed by atoms with Crippen molar-refractivity contribution in [3.8, 4) is 0 Å². The van der Waals surface area contributed by atoms with Crippen LogP contribution < -0.4 is 16.2 Å². The Morgan fingerprint density at radius 3 is 2.15 bits per heavy atom. The van der Waals surface area contributed by atoms with Gasteiger partial charge in [-0.2, -0.15) is 0 Å². The quantitative estimate of drug-likeness (QED) is 0.680. The zero-order valence-electron chi connectivity index (χ0n) is 14.3. The first-order chi connectivity index (χ1) is 12.5. The molecule has 0 spiro atoms. The summed E-state index contributed by atoms with van der Waals surface area (Å²) >= 11 is 5.79. The van der Waals surface area contributed by atoms with Gasteiger partial charge in [0.05, 0.1) is 6.42 Å². The second-order valence-corrected chi connectivity index (χ2v) is 6.12. The molecule has 0 aromatic heterocycles. The van der Waals surface area contributed by atoms with Crippen LogP contribution in [0.3, 0.4) is 0 Å². The van der Waals surface area contributed by atoms with E-state index in [0.717, 1.165) is 12.0 Å². The van der Waals surface area contributed by atoms with Crippen molar-refractivity contribution in [1.82, 2.24) is 10.9 Å². The molecule has 26 heavy (non-hydrogen) atoms. The van der Waals surface area contributed by atoms with Crippen LogP contribution in [-0.4, -0.2) is 17.7 Å². The van der Waals surface area contributed by atoms with Crippen molar-refractivity contribution >= 4 is 35.0 Å². The Morgan fingerprint density at radius 1 is 0.885 bits per heavy atom. The number of carbonyl (C=O) groups is 3. The highest BCUT2D eigenvalue weighted by Gasteiger charge is 2.09. The summed E-state index contributed by atoms with van der Waals surface area (Å²) in [4.78, 5) is 35.4. The lowest BCUT2D eigenvalue weighted by molar-refractivity contribution is -0.121. The smallest absolute Gasteiger partial charge is 0.269 e. The average Bonchev–Trinajstić information content (AvgIpc) is 2.62. The van der Waals surface area contributed by atoms with Crippen molar-refractivity contribution < 1.29 is 14.4 Å². The minimum Gasteiger partial charge on any atom is -0.326 e. The molecule has 0 fully saturated rings. The van der Waals surface area contributed by atoms with Crippen molar-refractivity contribution in [3.63, 3.8) is 0 Å². The Balaban J connectivity index is 1.82. The molecule has 3 amide bonds. The molecule has 0 bridgehead atoms. The van der Waals surface area contributed by atoms with Crippen molar-refractivity contribution in [2.45, 2.75) is 26.2 Å². The Morgan fingerprint density at radius 2 is 1.54 bits per heavy atom. The maximum absolute atomic E-state index is 12.1. The van der Waals surface area contributed by atoms with Crippen LogP contribution in [0.5, 0.6) is 0 Å². The summed E-state index contributed by atoms with van der Waals surface area (Å²) in [7, 11) is 0. The van der Waals surface area contributed by atoms with E-state index in [4.69, 9.17) is 11.6 Å². The fourth-order valence-corrected chi connectivity index (χ4v) is 2.31. The fourth-order valence-electron chi connectivity index (χ4n) is 2.19. The lowest BCUT2D eigenvalue weighted by Crippen LogP contribution is -2.42. The molecule has 2 aromatic rings. The van der Waals surface area contributed by atoms with E-state index in [2.05, 4.69) is 16.2 Å². The van der Waals surface area contributed by atoms with Crippen molar-refractivity contribution in [2.24, 2.45) is 0 Å². The standard InChI is InChI=1S/C19H20ClN3O3/c1-2-3-17(24)21-16-10-6-14(7-11-16)19(26)23-22-18(25)12-13-4-8-15(20)9-5-13/h4-11H,2-3,12H2,1H3,(H,21,24)(H,22,25)(H,23,26). The molecule has 0 atom stereocenters. The van der Waals surface area contributed by atoms with Gasteiger partial charge in [-0.05, 0) is 48.4 Å². The van der Waals surface area contributed by atoms with Gasteiger partial charge in [-0.15, -0.1) is 0 Å². The highest BCUT2D eigenvalue weighted by atomic mass is 35.5. The van der Waals surface area contributed by atoms with Crippen molar-refractivity contribution in [1.29, 1.82) is 0 Å². The van der Waals surface area contributed by atoms with Gasteiger partial charge in [-0.25, -0.2) is 0 Å². The van der Waals surface area contributed by atoms with Gasteiger partial charge in [0.15, 0.2) is 0 Å². The van der Waals surface area contributed by atoms with Crippen molar-refractivity contribution in [2.75, 3.05) is 5.32 Å². The molecule has 0 saturated heterocycles. The SMILES string of the molecule is CCCC(=O)Nc1ccc(C(=O)NNC(=O)Cc2ccc(Cl)cc2)cc1. The Bertz CT molecular complexity index is 774. The predicted molar refractivity (Wildman–Crippen MR) is 101 cm³/mol. The molecule has 136 valence electrons. The molecule has 6 nitrogen and oxygen atoms in total. The van der Waals surface area contributed by atoms with Gasteiger partial charge in [0.1, 0.15) is 0 Å². The van der Waals surface area contributed by atoms with E-state index in [1.807, 2.05) is 6.92 Å². The molecule has 3 N–H and O–H groups in total. The van der Waals surface area contributed by atoms with Crippen LogP contribution in [0, 0.1) is 0 Å². The summed E-state index contributed by atoms with van der Waals surface area (Å²) < 4.78 is 0. The summed E-state index contributed by atoms with van der Waals surface area (Å²) in [5.74, 6) is -0.857. The molecular weight excluding hydrogens is 354 g/mol. The molecule has 2 aromatic carbocycles. The maximum atomic E-state index is 12.1. The molecule has 0 aliphatic heterocycles. The molecule has 7 heteroatoms. The number of rotatable bonds is 6. The van der Waals surface area contributed by atoms with Gasteiger partial charge in [-0.1, -0.05) is 30.7 Å². The highest BCUT2D eigenvalue weighted by Crippen LogP contribution is 2.11. The number of anilines is 1. The summed E-state index contributed by atoms with van der Waals surface area (Å²) in [6.07, 6.45) is 1.34. The second-order valence-electron chi connectivity index (χ2n) is 5.68. The number of hydrogen-bond acceptors (Lipinski definition) is 3. The van der Waals surface area contributed by atoms with E-state index in [9.17, 15) is 14.4 Å². The summed E-state index contributed by atoms with van der Waals surface area (Å²) in [6.45, 7) is 1.92. The number of hydrogen-bond donors (Lipinski definition) is 3. The topological polar surface area (TPSA) is 87.3 Å². The monoisotopic (exact) mass is 373 g/mol. The molecular formula is C19H20ClN3O3. The van der Waals surface area contributed by atoms with E-state index in [1.165, 1.54) is 0 Å². The fraction of sp³-hybridized carbons (Fsp3) is 0.211. The third kappa shape index (κ3) is 6.22. The van der Waals surface area contributed by atoms with Gasteiger partial charge in [0.25, 0.3) is 5.91 Å². The minimum atomic E-state index is -0.444. The van der Waals surface area contributed by atoms with E-state index in [-0.39, 0.29) is 18.2 Å². The normalized spacial score (nSPS) is 10.1. The van der Waals surface area contributed by atoms with Crippen LogP contribution >= 0.6 is 11.6 Å². The highest BCUT2D eigenvalue weighted by molar-refractivity contribution is 6.30. The van der Waals surface area contributed by atoms with Gasteiger partial charge >= 0.3 is 0 Å². The lowest BCUT2D eigenvalue weighted by Gasteiger charge is -2.09. The lowest BCUT2D eigenvalue weighted by atomic mass is 10.1. The zero-order valence-corrected chi connectivity index (χ0v) is 15.1. The largest absolute Gasteiger partial charge is 0.326 e. The third-order valence-corrected chi connectivity index (χ3v) is 3.75. The molecule has 0 saturated carbocycles. The van der Waals surface area contributed by atoms with Gasteiger partial charge < -0.3 is 5.32 Å². The summed E-state index contributed by atoms with van der Waals surface area (Å²) in [5.41, 5.74) is 6.49. The first-order valence-electron chi connectivity index (χ1n) is 8.21. The van der Waals surface area contributed by atoms with Crippen LogP contribution in [0.25, 0.3) is 0 Å². The molecule has 2 rings (SSSR count). The van der Waals surface area contributed by atoms with Gasteiger partial charge in [0.2, 0.25) is 11.8 Å². The molecule has 0 aliphatic rings. The number of benzene rings is 2. The average molecular weight is 374 g/mol. The number of amides is 3. The Hall–Kier alpha value is -2.86. The Labute approximate surface area is 156 Å². The number of nitrogens with one attached hydrogen (secondary N) is 3. The van der Waals surface area contributed by atoms with Crippen LogP contribution in [0.2, 0.25) is 5.02 Å². The third-order valence-electron chi connectivity index (χ3n) is 3.50. The first kappa shape index (κ1) is 19.5. The Kier molecular flexibility index (Phi) is 7.17. The second kappa shape index (κ2) is 9.58. The maximum Gasteiger partial charge on any atom is 0.269 e. The van der Waals surface area contributed by atoms with E-state index in [0.29, 0.717) is 22.7 Å². The zero-order chi connectivity index (χ0) is 18.9. The van der Waals surface area contributed by atoms with Crippen LogP contribution in [-0.2, 0) is 16.0 Å². The minimum absolute atomic E-state index is 0.0702. The summed E-state index contributed by atoms with van der Waals surface area (Å²) in [5, 5.41) is 3.33.